The summed E-state index contributed by atoms with van der Waals surface area (Å²) in [6, 6.07) is 7.03. The fourth-order valence-corrected chi connectivity index (χ4v) is 2.34. The predicted octanol–water partition coefficient (Wildman–Crippen LogP) is 1.47. The lowest BCUT2D eigenvalue weighted by Crippen LogP contribution is -2.50. The molecule has 0 radical (unpaired) electrons. The fraction of sp³-hybridized carbons (Fsp3) is 0.438. The number of benzene rings is 1. The van der Waals surface area contributed by atoms with Crippen LogP contribution in [0.1, 0.15) is 17.3 Å². The highest BCUT2D eigenvalue weighted by atomic mass is 16.5. The Balaban J connectivity index is 2.03. The van der Waals surface area contributed by atoms with Crippen molar-refractivity contribution in [1.82, 2.24) is 4.90 Å². The van der Waals surface area contributed by atoms with Crippen molar-refractivity contribution in [2.24, 2.45) is 0 Å². The number of rotatable bonds is 5. The highest BCUT2D eigenvalue weighted by Gasteiger charge is 2.28. The zero-order chi connectivity index (χ0) is 15.2. The van der Waals surface area contributed by atoms with Gasteiger partial charge in [-0.3, -0.25) is 4.79 Å². The van der Waals surface area contributed by atoms with Crippen LogP contribution in [0.5, 0.6) is 5.75 Å². The van der Waals surface area contributed by atoms with E-state index in [4.69, 9.17) is 9.47 Å². The van der Waals surface area contributed by atoms with Crippen LogP contribution in [0.15, 0.2) is 36.9 Å². The molecule has 1 aromatic rings. The lowest BCUT2D eigenvalue weighted by molar-refractivity contribution is -0.0858. The summed E-state index contributed by atoms with van der Waals surface area (Å²) in [7, 11) is 0. The minimum atomic E-state index is -0.312. The van der Waals surface area contributed by atoms with E-state index in [0.717, 1.165) is 0 Å². The molecule has 0 aliphatic carbocycles. The molecule has 1 N–H and O–H groups in total. The number of ether oxygens (including phenoxy) is 2. The van der Waals surface area contributed by atoms with Crippen LogP contribution in [0.3, 0.4) is 0 Å². The SMILES string of the molecule is C=CCOc1ccc(C(=O)N2CC(C)OC(CO)C2)cc1. The lowest BCUT2D eigenvalue weighted by Gasteiger charge is -2.36. The molecular weight excluding hydrogens is 270 g/mol. The van der Waals surface area contributed by atoms with Crippen molar-refractivity contribution in [3.8, 4) is 5.75 Å². The van der Waals surface area contributed by atoms with E-state index >= 15 is 0 Å². The number of hydrogen-bond donors (Lipinski definition) is 1. The Labute approximate surface area is 124 Å². The third-order valence-corrected chi connectivity index (χ3v) is 3.29. The Kier molecular flexibility index (Phi) is 5.36. The van der Waals surface area contributed by atoms with Crippen LogP contribution in [0.25, 0.3) is 0 Å². The first kappa shape index (κ1) is 15.5. The lowest BCUT2D eigenvalue weighted by atomic mass is 10.1. The maximum atomic E-state index is 12.5. The van der Waals surface area contributed by atoms with Crippen molar-refractivity contribution in [2.75, 3.05) is 26.3 Å². The quantitative estimate of drug-likeness (QED) is 0.835. The number of aliphatic hydroxyl groups is 1. The van der Waals surface area contributed by atoms with Gasteiger partial charge in [0.2, 0.25) is 0 Å². The second kappa shape index (κ2) is 7.24. The number of aliphatic hydroxyl groups excluding tert-OH is 1. The fourth-order valence-electron chi connectivity index (χ4n) is 2.34. The Morgan fingerprint density at radius 2 is 2.19 bits per heavy atom. The summed E-state index contributed by atoms with van der Waals surface area (Å²) in [6.45, 7) is 6.78. The molecule has 5 heteroatoms. The number of hydrogen-bond acceptors (Lipinski definition) is 4. The molecule has 1 aliphatic heterocycles. The summed E-state index contributed by atoms with van der Waals surface area (Å²) < 4.78 is 10.9. The average Bonchev–Trinajstić information content (AvgIpc) is 2.52. The standard InChI is InChI=1S/C16H21NO4/c1-3-8-20-14-6-4-13(5-7-14)16(19)17-9-12(2)21-15(10-17)11-18/h3-7,12,15,18H,1,8-11H2,2H3. The van der Waals surface area contributed by atoms with Gasteiger partial charge in [-0.2, -0.15) is 0 Å². The Bertz CT molecular complexity index is 486. The summed E-state index contributed by atoms with van der Waals surface area (Å²) in [6.07, 6.45) is 1.28. The molecule has 0 saturated carbocycles. The molecule has 5 nitrogen and oxygen atoms in total. The Morgan fingerprint density at radius 3 is 2.81 bits per heavy atom. The molecule has 0 aromatic heterocycles. The van der Waals surface area contributed by atoms with Crippen LogP contribution in [0.2, 0.25) is 0 Å². The second-order valence-electron chi connectivity index (χ2n) is 5.09. The van der Waals surface area contributed by atoms with E-state index in [1.165, 1.54) is 0 Å². The monoisotopic (exact) mass is 291 g/mol. The first-order valence-corrected chi connectivity index (χ1v) is 7.03. The van der Waals surface area contributed by atoms with Crippen LogP contribution < -0.4 is 4.74 Å². The normalized spacial score (nSPS) is 21.9. The van der Waals surface area contributed by atoms with Gasteiger partial charge in [0.25, 0.3) is 5.91 Å². The molecule has 1 saturated heterocycles. The molecule has 114 valence electrons. The van der Waals surface area contributed by atoms with Crippen molar-refractivity contribution < 1.29 is 19.4 Å². The molecule has 2 unspecified atom stereocenters. The zero-order valence-corrected chi connectivity index (χ0v) is 12.2. The van der Waals surface area contributed by atoms with Crippen molar-refractivity contribution in [1.29, 1.82) is 0 Å². The molecule has 0 bridgehead atoms. The molecule has 1 aromatic carbocycles. The van der Waals surface area contributed by atoms with Crippen LogP contribution >= 0.6 is 0 Å². The number of carbonyl (C=O) groups excluding carboxylic acids is 1. The van der Waals surface area contributed by atoms with Crippen molar-refractivity contribution in [2.45, 2.75) is 19.1 Å². The van der Waals surface area contributed by atoms with Gasteiger partial charge in [0.15, 0.2) is 0 Å². The molecule has 2 atom stereocenters. The summed E-state index contributed by atoms with van der Waals surface area (Å²) in [4.78, 5) is 14.2. The van der Waals surface area contributed by atoms with Crippen LogP contribution in [0.4, 0.5) is 0 Å². The average molecular weight is 291 g/mol. The van der Waals surface area contributed by atoms with E-state index in [1.807, 2.05) is 6.92 Å². The topological polar surface area (TPSA) is 59.0 Å². The second-order valence-corrected chi connectivity index (χ2v) is 5.09. The Morgan fingerprint density at radius 1 is 1.48 bits per heavy atom. The number of amides is 1. The van der Waals surface area contributed by atoms with Crippen molar-refractivity contribution in [3.63, 3.8) is 0 Å². The third kappa shape index (κ3) is 4.06. The molecule has 0 spiro atoms. The van der Waals surface area contributed by atoms with Gasteiger partial charge in [-0.15, -0.1) is 0 Å². The van der Waals surface area contributed by atoms with E-state index in [0.29, 0.717) is 31.0 Å². The largest absolute Gasteiger partial charge is 0.490 e. The zero-order valence-electron chi connectivity index (χ0n) is 12.2. The smallest absolute Gasteiger partial charge is 0.254 e. The van der Waals surface area contributed by atoms with E-state index in [1.54, 1.807) is 35.2 Å². The molecule has 1 fully saturated rings. The molecule has 1 amide bonds. The maximum absolute atomic E-state index is 12.5. The van der Waals surface area contributed by atoms with Crippen molar-refractivity contribution >= 4 is 5.91 Å². The predicted molar refractivity (Wildman–Crippen MR) is 79.5 cm³/mol. The van der Waals surface area contributed by atoms with E-state index < -0.39 is 0 Å². The van der Waals surface area contributed by atoms with Gasteiger partial charge in [0, 0.05) is 18.7 Å². The molecule has 21 heavy (non-hydrogen) atoms. The van der Waals surface area contributed by atoms with Gasteiger partial charge >= 0.3 is 0 Å². The van der Waals surface area contributed by atoms with Crippen LogP contribution in [-0.4, -0.2) is 54.4 Å². The summed E-state index contributed by atoms with van der Waals surface area (Å²) in [5.74, 6) is 0.647. The van der Waals surface area contributed by atoms with Gasteiger partial charge in [-0.25, -0.2) is 0 Å². The first-order valence-electron chi connectivity index (χ1n) is 7.03. The number of morpholine rings is 1. The summed E-state index contributed by atoms with van der Waals surface area (Å²) in [5, 5.41) is 9.21. The Hall–Kier alpha value is -1.85. The first-order chi connectivity index (χ1) is 10.1. The van der Waals surface area contributed by atoms with Gasteiger partial charge < -0.3 is 19.5 Å². The number of nitrogens with zero attached hydrogens (tertiary/aromatic N) is 1. The van der Waals surface area contributed by atoms with Gasteiger partial charge in [0.1, 0.15) is 12.4 Å². The molecule has 1 heterocycles. The van der Waals surface area contributed by atoms with E-state index in [9.17, 15) is 9.90 Å². The van der Waals surface area contributed by atoms with Crippen molar-refractivity contribution in [3.05, 3.63) is 42.5 Å². The van der Waals surface area contributed by atoms with Crippen LogP contribution in [0, 0.1) is 0 Å². The highest BCUT2D eigenvalue weighted by molar-refractivity contribution is 5.94. The minimum Gasteiger partial charge on any atom is -0.490 e. The molecule has 1 aliphatic rings. The van der Waals surface area contributed by atoms with Gasteiger partial charge in [-0.05, 0) is 31.2 Å². The molecular formula is C16H21NO4. The number of carbonyl (C=O) groups is 1. The minimum absolute atomic E-state index is 0.0566. The summed E-state index contributed by atoms with van der Waals surface area (Å²) in [5.41, 5.74) is 0.603. The third-order valence-electron chi connectivity index (χ3n) is 3.29. The maximum Gasteiger partial charge on any atom is 0.254 e. The van der Waals surface area contributed by atoms with E-state index in [2.05, 4.69) is 6.58 Å². The van der Waals surface area contributed by atoms with Gasteiger partial charge in [-0.1, -0.05) is 12.7 Å². The van der Waals surface area contributed by atoms with E-state index in [-0.39, 0.29) is 24.7 Å². The highest BCUT2D eigenvalue weighted by Crippen LogP contribution is 2.17. The van der Waals surface area contributed by atoms with Crippen LogP contribution in [-0.2, 0) is 4.74 Å². The molecule has 2 rings (SSSR count). The van der Waals surface area contributed by atoms with Gasteiger partial charge in [0.05, 0.1) is 18.8 Å². The summed E-state index contributed by atoms with van der Waals surface area (Å²) >= 11 is 0.